The topological polar surface area (TPSA) is 55.1 Å². The second kappa shape index (κ2) is 5.87. The van der Waals surface area contributed by atoms with E-state index in [0.717, 1.165) is 10.6 Å². The zero-order valence-electron chi connectivity index (χ0n) is 9.53. The van der Waals surface area contributed by atoms with Gasteiger partial charge in [-0.15, -0.1) is 0 Å². The number of hydrogen-bond acceptors (Lipinski definition) is 2. The molecule has 0 spiro atoms. The van der Waals surface area contributed by atoms with Crippen LogP contribution in [0.25, 0.3) is 0 Å². The van der Waals surface area contributed by atoms with Gasteiger partial charge in [0.05, 0.1) is 0 Å². The van der Waals surface area contributed by atoms with E-state index in [1.165, 1.54) is 0 Å². The summed E-state index contributed by atoms with van der Waals surface area (Å²) in [6.07, 6.45) is 0. The van der Waals surface area contributed by atoms with Crippen LogP contribution in [0.15, 0.2) is 24.3 Å². The van der Waals surface area contributed by atoms with Crippen molar-refractivity contribution in [3.8, 4) is 0 Å². The van der Waals surface area contributed by atoms with Gasteiger partial charge in [-0.25, -0.2) is 0 Å². The van der Waals surface area contributed by atoms with Crippen molar-refractivity contribution in [2.24, 2.45) is 11.7 Å². The lowest BCUT2D eigenvalue weighted by Crippen LogP contribution is -2.32. The van der Waals surface area contributed by atoms with Gasteiger partial charge in [-0.2, -0.15) is 0 Å². The van der Waals surface area contributed by atoms with Crippen LogP contribution < -0.4 is 11.1 Å². The quantitative estimate of drug-likeness (QED) is 0.828. The van der Waals surface area contributed by atoms with Crippen molar-refractivity contribution < 1.29 is 4.79 Å². The molecule has 0 aliphatic carbocycles. The van der Waals surface area contributed by atoms with E-state index < -0.39 is 0 Å². The predicted molar refractivity (Wildman–Crippen MR) is 66.2 cm³/mol. The molecule has 1 aromatic rings. The van der Waals surface area contributed by atoms with Crippen molar-refractivity contribution in [1.82, 2.24) is 5.32 Å². The van der Waals surface area contributed by atoms with Crippen LogP contribution in [0.1, 0.15) is 25.5 Å². The third kappa shape index (κ3) is 3.51. The van der Waals surface area contributed by atoms with E-state index >= 15 is 0 Å². The van der Waals surface area contributed by atoms with Crippen molar-refractivity contribution in [3.05, 3.63) is 34.9 Å². The highest BCUT2D eigenvalue weighted by molar-refractivity contribution is 6.31. The van der Waals surface area contributed by atoms with Crippen molar-refractivity contribution >= 4 is 17.5 Å². The third-order valence-electron chi connectivity index (χ3n) is 2.59. The van der Waals surface area contributed by atoms with Crippen LogP contribution in [0, 0.1) is 5.92 Å². The van der Waals surface area contributed by atoms with Gasteiger partial charge in [0.15, 0.2) is 0 Å². The fourth-order valence-corrected chi connectivity index (χ4v) is 1.69. The molecule has 1 aromatic carbocycles. The zero-order chi connectivity index (χ0) is 12.1. The molecule has 1 amide bonds. The summed E-state index contributed by atoms with van der Waals surface area (Å²) in [5.74, 6) is -0.469. The molecule has 0 fully saturated rings. The summed E-state index contributed by atoms with van der Waals surface area (Å²) in [7, 11) is 0. The Morgan fingerprint density at radius 3 is 2.62 bits per heavy atom. The second-order valence-corrected chi connectivity index (χ2v) is 4.36. The summed E-state index contributed by atoms with van der Waals surface area (Å²) in [6.45, 7) is 4.37. The molecule has 0 aromatic heterocycles. The number of hydrogen-bond donors (Lipinski definition) is 2. The van der Waals surface area contributed by atoms with E-state index in [-0.39, 0.29) is 17.9 Å². The van der Waals surface area contributed by atoms with Crippen LogP contribution in [0.3, 0.4) is 0 Å². The fourth-order valence-electron chi connectivity index (χ4n) is 1.39. The number of benzene rings is 1. The smallest absolute Gasteiger partial charge is 0.221 e. The monoisotopic (exact) mass is 240 g/mol. The molecule has 3 nitrogen and oxygen atoms in total. The van der Waals surface area contributed by atoms with E-state index in [1.807, 2.05) is 31.2 Å². The number of carbonyl (C=O) groups is 1. The largest absolute Gasteiger partial charge is 0.369 e. The number of nitrogens with two attached hydrogens (primary N) is 1. The van der Waals surface area contributed by atoms with Gasteiger partial charge in [0.2, 0.25) is 5.91 Å². The summed E-state index contributed by atoms with van der Waals surface area (Å²) < 4.78 is 0. The van der Waals surface area contributed by atoms with Crippen LogP contribution in [-0.2, 0) is 4.79 Å². The highest BCUT2D eigenvalue weighted by Crippen LogP contribution is 2.22. The highest BCUT2D eigenvalue weighted by atomic mass is 35.5. The molecule has 0 saturated heterocycles. The van der Waals surface area contributed by atoms with Gasteiger partial charge in [-0.1, -0.05) is 36.7 Å². The number of carbonyl (C=O) groups excluding carboxylic acids is 1. The second-order valence-electron chi connectivity index (χ2n) is 3.95. The van der Waals surface area contributed by atoms with Gasteiger partial charge >= 0.3 is 0 Å². The Kier molecular flexibility index (Phi) is 4.77. The third-order valence-corrected chi connectivity index (χ3v) is 2.93. The summed E-state index contributed by atoms with van der Waals surface area (Å²) in [5.41, 5.74) is 6.21. The highest BCUT2D eigenvalue weighted by Gasteiger charge is 2.12. The van der Waals surface area contributed by atoms with Crippen LogP contribution in [0.2, 0.25) is 5.02 Å². The molecule has 4 heteroatoms. The Labute approximate surface area is 101 Å². The average Bonchev–Trinajstić information content (AvgIpc) is 2.25. The molecule has 0 bridgehead atoms. The maximum absolute atomic E-state index is 10.9. The molecule has 1 unspecified atom stereocenters. The van der Waals surface area contributed by atoms with Gasteiger partial charge in [-0.05, 0) is 18.6 Å². The number of primary amides is 1. The van der Waals surface area contributed by atoms with Crippen molar-refractivity contribution in [2.75, 3.05) is 6.54 Å². The van der Waals surface area contributed by atoms with Crippen LogP contribution in [0.4, 0.5) is 0 Å². The van der Waals surface area contributed by atoms with Crippen LogP contribution >= 0.6 is 11.6 Å². The normalized spacial score (nSPS) is 14.4. The molecule has 2 atom stereocenters. The van der Waals surface area contributed by atoms with Crippen LogP contribution in [-0.4, -0.2) is 12.5 Å². The SMILES string of the molecule is CC(CN[C@H](C)c1ccccc1Cl)C(N)=O. The van der Waals surface area contributed by atoms with E-state index in [1.54, 1.807) is 6.92 Å². The minimum Gasteiger partial charge on any atom is -0.369 e. The standard InChI is InChI=1S/C12H17ClN2O/c1-8(12(14)16)7-15-9(2)10-5-3-4-6-11(10)13/h3-6,8-9,15H,7H2,1-2H3,(H2,14,16)/t8?,9-/m1/s1. The molecule has 0 heterocycles. The Hall–Kier alpha value is -1.06. The lowest BCUT2D eigenvalue weighted by Gasteiger charge is -2.17. The molecular formula is C12H17ClN2O. The number of nitrogens with one attached hydrogen (secondary N) is 1. The summed E-state index contributed by atoms with van der Waals surface area (Å²) >= 11 is 6.07. The van der Waals surface area contributed by atoms with Gasteiger partial charge in [0, 0.05) is 23.5 Å². The van der Waals surface area contributed by atoms with E-state index in [2.05, 4.69) is 5.32 Å². The number of rotatable bonds is 5. The Bertz CT molecular complexity index is 368. The van der Waals surface area contributed by atoms with Gasteiger partial charge in [-0.3, -0.25) is 4.79 Å². The van der Waals surface area contributed by atoms with E-state index in [9.17, 15) is 4.79 Å². The molecule has 88 valence electrons. The molecule has 1 rings (SSSR count). The van der Waals surface area contributed by atoms with Crippen molar-refractivity contribution in [2.45, 2.75) is 19.9 Å². The molecule has 3 N–H and O–H groups in total. The maximum Gasteiger partial charge on any atom is 0.221 e. The zero-order valence-corrected chi connectivity index (χ0v) is 10.3. The molecule has 0 aliphatic rings. The molecular weight excluding hydrogens is 224 g/mol. The number of halogens is 1. The van der Waals surface area contributed by atoms with E-state index in [4.69, 9.17) is 17.3 Å². The molecule has 16 heavy (non-hydrogen) atoms. The first-order valence-corrected chi connectivity index (χ1v) is 5.67. The van der Waals surface area contributed by atoms with Gasteiger partial charge in [0.25, 0.3) is 0 Å². The first kappa shape index (κ1) is 13.0. The van der Waals surface area contributed by atoms with Crippen molar-refractivity contribution in [3.63, 3.8) is 0 Å². The van der Waals surface area contributed by atoms with E-state index in [0.29, 0.717) is 6.54 Å². The average molecular weight is 241 g/mol. The lowest BCUT2D eigenvalue weighted by molar-refractivity contribution is -0.121. The number of amides is 1. The maximum atomic E-state index is 10.9. The van der Waals surface area contributed by atoms with Crippen LogP contribution in [0.5, 0.6) is 0 Å². The summed E-state index contributed by atoms with van der Waals surface area (Å²) in [5, 5.41) is 3.97. The summed E-state index contributed by atoms with van der Waals surface area (Å²) in [6, 6.07) is 7.76. The summed E-state index contributed by atoms with van der Waals surface area (Å²) in [4.78, 5) is 10.9. The fraction of sp³-hybridized carbons (Fsp3) is 0.417. The predicted octanol–water partition coefficient (Wildman–Crippen LogP) is 2.11. The van der Waals surface area contributed by atoms with Gasteiger partial charge in [0.1, 0.15) is 0 Å². The minimum absolute atomic E-state index is 0.107. The first-order chi connectivity index (χ1) is 7.52. The Morgan fingerprint density at radius 1 is 1.44 bits per heavy atom. The first-order valence-electron chi connectivity index (χ1n) is 5.29. The van der Waals surface area contributed by atoms with Gasteiger partial charge < -0.3 is 11.1 Å². The lowest BCUT2D eigenvalue weighted by atomic mass is 10.1. The minimum atomic E-state index is -0.293. The molecule has 0 saturated carbocycles. The molecule has 0 aliphatic heterocycles. The Balaban J connectivity index is 2.56. The Morgan fingerprint density at radius 2 is 2.06 bits per heavy atom. The molecule has 0 radical (unpaired) electrons. The van der Waals surface area contributed by atoms with Crippen molar-refractivity contribution in [1.29, 1.82) is 0 Å².